The molecule has 0 N–H and O–H groups in total. The van der Waals surface area contributed by atoms with E-state index in [4.69, 9.17) is 139 Å². The number of hydrogen-bond acceptors (Lipinski definition) is 2. The van der Waals surface area contributed by atoms with Gasteiger partial charge in [0.1, 0.15) is 9.49 Å². The molecule has 2 aromatic carbocycles. The molecule has 40 heavy (non-hydrogen) atoms. The van der Waals surface area contributed by atoms with Gasteiger partial charge >= 0.3 is 0 Å². The third kappa shape index (κ3) is 5.91. The summed E-state index contributed by atoms with van der Waals surface area (Å²) in [5.74, 6) is 0. The van der Waals surface area contributed by atoms with E-state index in [0.29, 0.717) is 21.2 Å². The van der Waals surface area contributed by atoms with Gasteiger partial charge in [-0.1, -0.05) is 182 Å². The second-order valence-corrected chi connectivity index (χ2v) is 17.4. The molecule has 0 aliphatic heterocycles. The van der Waals surface area contributed by atoms with Gasteiger partial charge in [-0.15, -0.1) is 23.2 Å². The van der Waals surface area contributed by atoms with Gasteiger partial charge in [-0.05, 0) is 35.4 Å². The highest BCUT2D eigenvalue weighted by Gasteiger charge is 2.57. The van der Waals surface area contributed by atoms with Crippen molar-refractivity contribution < 1.29 is 0 Å². The Kier molecular flexibility index (Phi) is 12.1. The van der Waals surface area contributed by atoms with E-state index in [9.17, 15) is 0 Å². The predicted molar refractivity (Wildman–Crippen MR) is 191 cm³/mol. The van der Waals surface area contributed by atoms with Crippen LogP contribution in [0.15, 0.2) is 85.6 Å². The molecule has 0 radical (unpaired) electrons. The maximum Gasteiger partial charge on any atom is 0.111 e. The minimum atomic E-state index is -1.41. The number of benzene rings is 2. The van der Waals surface area contributed by atoms with Crippen LogP contribution in [0.1, 0.15) is 11.1 Å². The zero-order valence-electron chi connectivity index (χ0n) is 18.7. The maximum atomic E-state index is 7.06. The monoisotopic (exact) mass is 937 g/mol. The number of allylic oxidation sites excluding steroid dienone is 6. The van der Waals surface area contributed by atoms with E-state index in [1.54, 1.807) is 36.4 Å². The summed E-state index contributed by atoms with van der Waals surface area (Å²) in [7, 11) is 2.29. The van der Waals surface area contributed by atoms with Crippen molar-refractivity contribution in [3.05, 3.63) is 107 Å². The van der Waals surface area contributed by atoms with Crippen LogP contribution in [-0.2, 0) is 9.49 Å². The van der Waals surface area contributed by atoms with Crippen LogP contribution >= 0.6 is 193 Å². The Balaban J connectivity index is 2.02. The lowest BCUT2D eigenvalue weighted by Gasteiger charge is -2.45. The summed E-state index contributed by atoms with van der Waals surface area (Å²) >= 11 is 87.8. The molecule has 0 fully saturated rings. The average Bonchev–Trinajstić information content (AvgIpc) is 2.91. The van der Waals surface area contributed by atoms with Gasteiger partial charge in [0.15, 0.2) is 0 Å². The average molecular weight is 946 g/mol. The molecule has 214 valence electrons. The van der Waals surface area contributed by atoms with Crippen molar-refractivity contribution >= 4 is 193 Å². The van der Waals surface area contributed by atoms with Crippen LogP contribution in [0.3, 0.4) is 0 Å². The predicted octanol–water partition coefficient (Wildman–Crippen LogP) is 15.0. The van der Waals surface area contributed by atoms with E-state index in [1.807, 2.05) is 0 Å². The van der Waals surface area contributed by atoms with Gasteiger partial charge in [0.25, 0.3) is 0 Å². The summed E-state index contributed by atoms with van der Waals surface area (Å²) < 4.78 is -1.38. The SMILES string of the molecule is ClC1=C(Cl)C(Cl)C(SSC2(c3ccc(Br)cc3Cl)C(Cl)=C(Cl)C(Cl)=C(Cl)C2Cl)(c2ccc(Br)cc2Cl)C(Cl)=C1Cl. The van der Waals surface area contributed by atoms with Crippen LogP contribution in [-0.4, -0.2) is 10.8 Å². The fraction of sp³-hybridized carbons (Fsp3) is 0.167. The van der Waals surface area contributed by atoms with Gasteiger partial charge in [-0.25, -0.2) is 0 Å². The normalized spacial score (nSPS) is 27.8. The first kappa shape index (κ1) is 35.4. The number of alkyl halides is 2. The minimum Gasteiger partial charge on any atom is -0.114 e. The van der Waals surface area contributed by atoms with Crippen molar-refractivity contribution in [1.29, 1.82) is 0 Å². The lowest BCUT2D eigenvalue weighted by atomic mass is 9.90. The van der Waals surface area contributed by atoms with Crippen molar-refractivity contribution in [3.63, 3.8) is 0 Å². The van der Waals surface area contributed by atoms with Crippen LogP contribution in [0.5, 0.6) is 0 Å². The summed E-state index contributed by atoms with van der Waals surface area (Å²) in [5.41, 5.74) is 0.982. The first-order valence-corrected chi connectivity index (χ1v) is 18.8. The second-order valence-electron chi connectivity index (χ2n) is 8.19. The largest absolute Gasteiger partial charge is 0.114 e. The highest BCUT2D eigenvalue weighted by molar-refractivity contribution is 9.10. The molecule has 0 bridgehead atoms. The van der Waals surface area contributed by atoms with Gasteiger partial charge in [0.2, 0.25) is 0 Å². The second kappa shape index (κ2) is 13.7. The fourth-order valence-electron chi connectivity index (χ4n) is 4.00. The third-order valence-corrected chi connectivity index (χ3v) is 17.0. The molecule has 2 aliphatic rings. The molecule has 0 aromatic heterocycles. The van der Waals surface area contributed by atoms with Gasteiger partial charge in [-0.3, -0.25) is 0 Å². The molecule has 0 saturated carbocycles. The Bertz CT molecular complexity index is 1420. The molecular formula is C24H8Br2Cl12S2. The minimum absolute atomic E-state index is 0.000227. The van der Waals surface area contributed by atoms with Crippen molar-refractivity contribution in [2.24, 2.45) is 0 Å². The van der Waals surface area contributed by atoms with E-state index in [0.717, 1.165) is 30.5 Å². The van der Waals surface area contributed by atoms with E-state index >= 15 is 0 Å². The van der Waals surface area contributed by atoms with Crippen LogP contribution in [0, 0.1) is 0 Å². The number of rotatable bonds is 5. The Morgan fingerprint density at radius 3 is 1.15 bits per heavy atom. The zero-order chi connectivity index (χ0) is 29.9. The van der Waals surface area contributed by atoms with Gasteiger partial charge in [-0.2, -0.15) is 0 Å². The first-order chi connectivity index (χ1) is 18.6. The van der Waals surface area contributed by atoms with Gasteiger partial charge in [0.05, 0.1) is 51.0 Å². The van der Waals surface area contributed by atoms with E-state index in [1.165, 1.54) is 0 Å². The van der Waals surface area contributed by atoms with Crippen LogP contribution in [0.25, 0.3) is 0 Å². The van der Waals surface area contributed by atoms with E-state index in [-0.39, 0.29) is 40.3 Å². The third-order valence-electron chi connectivity index (χ3n) is 5.97. The van der Waals surface area contributed by atoms with E-state index < -0.39 is 20.2 Å². The molecule has 4 rings (SSSR count). The molecular weight excluding hydrogens is 938 g/mol. The molecule has 0 nitrogen and oxygen atoms in total. The van der Waals surface area contributed by atoms with E-state index in [2.05, 4.69) is 31.9 Å². The number of hydrogen-bond donors (Lipinski definition) is 0. The molecule has 4 unspecified atom stereocenters. The summed E-state index contributed by atoms with van der Waals surface area (Å²) in [5, 5.41) is -1.14. The summed E-state index contributed by atoms with van der Waals surface area (Å²) in [4.78, 5) is 0. The smallest absolute Gasteiger partial charge is 0.111 e. The summed E-state index contributed by atoms with van der Waals surface area (Å²) in [6.45, 7) is 0. The summed E-state index contributed by atoms with van der Waals surface area (Å²) in [6.07, 6.45) is 0. The Hall–Kier alpha value is 2.54. The summed E-state index contributed by atoms with van der Waals surface area (Å²) in [6, 6.07) is 10.4. The van der Waals surface area contributed by atoms with Crippen molar-refractivity contribution in [2.75, 3.05) is 0 Å². The Morgan fingerprint density at radius 1 is 0.525 bits per heavy atom. The van der Waals surface area contributed by atoms with Crippen LogP contribution in [0.2, 0.25) is 10.0 Å². The molecule has 2 aliphatic carbocycles. The van der Waals surface area contributed by atoms with Crippen molar-refractivity contribution in [3.8, 4) is 0 Å². The maximum absolute atomic E-state index is 7.06. The number of halogens is 14. The van der Waals surface area contributed by atoms with Crippen LogP contribution in [0.4, 0.5) is 0 Å². The topological polar surface area (TPSA) is 0 Å². The first-order valence-electron chi connectivity index (χ1n) is 10.4. The quantitative estimate of drug-likeness (QED) is 0.216. The molecule has 16 heteroatoms. The highest BCUT2D eigenvalue weighted by atomic mass is 79.9. The molecule has 0 amide bonds. The van der Waals surface area contributed by atoms with Gasteiger partial charge < -0.3 is 0 Å². The highest BCUT2D eigenvalue weighted by Crippen LogP contribution is 2.69. The molecule has 0 saturated heterocycles. The van der Waals surface area contributed by atoms with Gasteiger partial charge in [0, 0.05) is 19.0 Å². The zero-order valence-corrected chi connectivity index (χ0v) is 32.6. The van der Waals surface area contributed by atoms with Crippen molar-refractivity contribution in [2.45, 2.75) is 20.2 Å². The molecule has 0 heterocycles. The molecule has 0 spiro atoms. The Labute approximate surface area is 315 Å². The Morgan fingerprint density at radius 2 is 0.850 bits per heavy atom. The van der Waals surface area contributed by atoms with Crippen molar-refractivity contribution in [1.82, 2.24) is 0 Å². The standard InChI is InChI=1S/C24H8Br2Cl12S2/c25-7-1-3-9(11(27)5-7)23(19(35)15(31)13(29)16(32)20(23)36)39-40-24(10-4-2-8(26)6-12(10)28)21(37)17(33)14(30)18(34)22(24)38/h1-6,19,21H. The lowest BCUT2D eigenvalue weighted by Crippen LogP contribution is -2.40. The molecule has 2 aromatic rings. The lowest BCUT2D eigenvalue weighted by molar-refractivity contribution is 0.753. The van der Waals surface area contributed by atoms with Crippen LogP contribution < -0.4 is 0 Å². The fourth-order valence-corrected chi connectivity index (χ4v) is 14.2. The molecule has 4 atom stereocenters.